The van der Waals surface area contributed by atoms with Crippen LogP contribution in [0.3, 0.4) is 0 Å². The number of likely N-dealkylation sites (tertiary alicyclic amines) is 1. The van der Waals surface area contributed by atoms with Crippen LogP contribution >= 0.6 is 11.6 Å². The van der Waals surface area contributed by atoms with Crippen LogP contribution in [-0.4, -0.2) is 41.3 Å². The molecule has 1 N–H and O–H groups in total. The monoisotopic (exact) mass is 453 g/mol. The quantitative estimate of drug-likeness (QED) is 0.358. The molecule has 32 heavy (non-hydrogen) atoms. The molecule has 1 aliphatic rings. The molecule has 0 saturated carbocycles. The Bertz CT molecular complexity index is 1270. The van der Waals surface area contributed by atoms with Crippen molar-refractivity contribution in [2.24, 2.45) is 5.92 Å². The SMILES string of the molecule is O=CC(C(=O)N1CCC[C@@H](C(=O)O)C1)c1ccc2c(-c3ccccc3Cl)cc(=O)oc2c1. The fourth-order valence-electron chi connectivity index (χ4n) is 4.13. The van der Waals surface area contributed by atoms with Crippen molar-refractivity contribution in [1.82, 2.24) is 4.90 Å². The van der Waals surface area contributed by atoms with E-state index in [-0.39, 0.29) is 12.1 Å². The molecule has 1 saturated heterocycles. The maximum absolute atomic E-state index is 13.0. The molecule has 1 unspecified atom stereocenters. The summed E-state index contributed by atoms with van der Waals surface area (Å²) in [6.45, 7) is 0.462. The fourth-order valence-corrected chi connectivity index (χ4v) is 4.37. The van der Waals surface area contributed by atoms with Crippen molar-refractivity contribution in [2.75, 3.05) is 13.1 Å². The lowest BCUT2D eigenvalue weighted by atomic mass is 9.93. The Kier molecular flexibility index (Phi) is 6.10. The van der Waals surface area contributed by atoms with Crippen molar-refractivity contribution in [2.45, 2.75) is 18.8 Å². The van der Waals surface area contributed by atoms with Crippen LogP contribution in [0.5, 0.6) is 0 Å². The molecule has 0 bridgehead atoms. The normalized spacial score (nSPS) is 17.2. The molecule has 3 aromatic rings. The summed E-state index contributed by atoms with van der Waals surface area (Å²) in [5.41, 5.74) is 1.26. The Morgan fingerprint density at radius 3 is 2.66 bits per heavy atom. The fraction of sp³-hybridized carbons (Fsp3) is 0.250. The molecule has 4 rings (SSSR count). The number of benzene rings is 2. The third-order valence-corrected chi connectivity index (χ3v) is 6.11. The maximum atomic E-state index is 13.0. The number of hydrogen-bond acceptors (Lipinski definition) is 5. The molecule has 2 aromatic carbocycles. The van der Waals surface area contributed by atoms with E-state index in [1.165, 1.54) is 17.0 Å². The molecule has 2 atom stereocenters. The molecule has 2 heterocycles. The molecule has 0 radical (unpaired) electrons. The van der Waals surface area contributed by atoms with Crippen molar-refractivity contribution in [3.05, 3.63) is 69.5 Å². The predicted octanol–water partition coefficient (Wildman–Crippen LogP) is 3.72. The van der Waals surface area contributed by atoms with Crippen LogP contribution in [0.15, 0.2) is 57.7 Å². The molecule has 0 spiro atoms. The van der Waals surface area contributed by atoms with Gasteiger partial charge in [0.25, 0.3) is 0 Å². The minimum absolute atomic E-state index is 0.0673. The van der Waals surface area contributed by atoms with Crippen LogP contribution in [0.2, 0.25) is 5.02 Å². The summed E-state index contributed by atoms with van der Waals surface area (Å²) in [5, 5.41) is 10.4. The van der Waals surface area contributed by atoms with Crippen molar-refractivity contribution in [1.29, 1.82) is 0 Å². The van der Waals surface area contributed by atoms with Gasteiger partial charge in [0.15, 0.2) is 0 Å². The number of piperidine rings is 1. The van der Waals surface area contributed by atoms with Gasteiger partial charge in [0.2, 0.25) is 5.91 Å². The maximum Gasteiger partial charge on any atom is 0.336 e. The second-order valence-electron chi connectivity index (χ2n) is 7.79. The molecule has 0 aliphatic carbocycles. The summed E-state index contributed by atoms with van der Waals surface area (Å²) < 4.78 is 5.36. The van der Waals surface area contributed by atoms with Gasteiger partial charge in [-0.25, -0.2) is 4.79 Å². The van der Waals surface area contributed by atoms with E-state index in [2.05, 4.69) is 0 Å². The Morgan fingerprint density at radius 2 is 1.94 bits per heavy atom. The first-order valence-corrected chi connectivity index (χ1v) is 10.6. The summed E-state index contributed by atoms with van der Waals surface area (Å²) >= 11 is 6.31. The lowest BCUT2D eigenvalue weighted by Gasteiger charge is -2.32. The van der Waals surface area contributed by atoms with E-state index >= 15 is 0 Å². The molecule has 1 fully saturated rings. The molecule has 164 valence electrons. The standard InChI is InChI=1S/C24H20ClNO6/c25-20-6-2-1-5-16(20)18-11-22(28)32-21-10-14(7-8-17(18)21)19(13-27)23(29)26-9-3-4-15(12-26)24(30)31/h1-2,5-8,10-11,13,15,19H,3-4,9,12H2,(H,30,31)/t15-,19?/m1/s1. The molecule has 8 heteroatoms. The second kappa shape index (κ2) is 8.96. The minimum atomic E-state index is -1.12. The Morgan fingerprint density at radius 1 is 1.16 bits per heavy atom. The average molecular weight is 454 g/mol. The number of carbonyl (C=O) groups excluding carboxylic acids is 2. The summed E-state index contributed by atoms with van der Waals surface area (Å²) in [6.07, 6.45) is 1.59. The van der Waals surface area contributed by atoms with Gasteiger partial charge in [-0.15, -0.1) is 0 Å². The van der Waals surface area contributed by atoms with Gasteiger partial charge >= 0.3 is 11.6 Å². The summed E-state index contributed by atoms with van der Waals surface area (Å²) in [5.74, 6) is -3.19. The summed E-state index contributed by atoms with van der Waals surface area (Å²) in [7, 11) is 0. The number of hydrogen-bond donors (Lipinski definition) is 1. The van der Waals surface area contributed by atoms with Gasteiger partial charge in [-0.1, -0.05) is 41.9 Å². The van der Waals surface area contributed by atoms with E-state index in [9.17, 15) is 24.3 Å². The number of fused-ring (bicyclic) bond motifs is 1. The summed E-state index contributed by atoms with van der Waals surface area (Å²) in [6, 6.07) is 13.3. The van der Waals surface area contributed by atoms with E-state index < -0.39 is 29.3 Å². The van der Waals surface area contributed by atoms with Gasteiger partial charge in [-0.05, 0) is 30.5 Å². The molecular formula is C24H20ClNO6. The second-order valence-corrected chi connectivity index (χ2v) is 8.20. The van der Waals surface area contributed by atoms with E-state index in [1.54, 1.807) is 36.4 Å². The highest BCUT2D eigenvalue weighted by atomic mass is 35.5. The van der Waals surface area contributed by atoms with Crippen molar-refractivity contribution < 1.29 is 23.9 Å². The van der Waals surface area contributed by atoms with Gasteiger partial charge in [0.05, 0.1) is 5.92 Å². The van der Waals surface area contributed by atoms with Crippen LogP contribution < -0.4 is 5.63 Å². The molecule has 7 nitrogen and oxygen atoms in total. The number of halogens is 1. The highest BCUT2D eigenvalue weighted by Crippen LogP contribution is 2.34. The van der Waals surface area contributed by atoms with Crippen LogP contribution in [0.4, 0.5) is 0 Å². The van der Waals surface area contributed by atoms with Gasteiger partial charge in [-0.3, -0.25) is 9.59 Å². The van der Waals surface area contributed by atoms with E-state index in [4.69, 9.17) is 16.0 Å². The highest BCUT2D eigenvalue weighted by molar-refractivity contribution is 6.33. The number of aldehydes is 1. The zero-order valence-corrected chi connectivity index (χ0v) is 17.7. The van der Waals surface area contributed by atoms with Crippen molar-refractivity contribution in [3.63, 3.8) is 0 Å². The van der Waals surface area contributed by atoms with Crippen LogP contribution in [-0.2, 0) is 14.4 Å². The minimum Gasteiger partial charge on any atom is -0.481 e. The Balaban J connectivity index is 1.72. The van der Waals surface area contributed by atoms with Crippen LogP contribution in [0.25, 0.3) is 22.1 Å². The number of carbonyl (C=O) groups is 3. The van der Waals surface area contributed by atoms with Gasteiger partial charge in [0, 0.05) is 40.7 Å². The largest absolute Gasteiger partial charge is 0.481 e. The van der Waals surface area contributed by atoms with Gasteiger partial charge < -0.3 is 19.2 Å². The van der Waals surface area contributed by atoms with Crippen molar-refractivity contribution in [3.8, 4) is 11.1 Å². The smallest absolute Gasteiger partial charge is 0.336 e. The number of amides is 1. The van der Waals surface area contributed by atoms with Crippen molar-refractivity contribution >= 4 is 40.7 Å². The third kappa shape index (κ3) is 4.16. The molecule has 1 amide bonds. The topological polar surface area (TPSA) is 105 Å². The third-order valence-electron chi connectivity index (χ3n) is 5.78. The Hall–Kier alpha value is -3.45. The first kappa shape index (κ1) is 21.8. The zero-order chi connectivity index (χ0) is 22.8. The first-order valence-electron chi connectivity index (χ1n) is 10.2. The van der Waals surface area contributed by atoms with E-state index in [0.717, 1.165) is 0 Å². The number of carboxylic acids is 1. The molecular weight excluding hydrogens is 434 g/mol. The van der Waals surface area contributed by atoms with Gasteiger partial charge in [0.1, 0.15) is 17.8 Å². The van der Waals surface area contributed by atoms with E-state index in [0.29, 0.717) is 52.8 Å². The van der Waals surface area contributed by atoms with E-state index in [1.807, 2.05) is 0 Å². The van der Waals surface area contributed by atoms with Crippen LogP contribution in [0.1, 0.15) is 24.3 Å². The molecule has 1 aliphatic heterocycles. The number of rotatable bonds is 5. The Labute approximate surface area is 188 Å². The highest BCUT2D eigenvalue weighted by Gasteiger charge is 2.32. The number of carboxylic acid groups (broad SMARTS) is 1. The lowest BCUT2D eigenvalue weighted by molar-refractivity contribution is -0.146. The number of aliphatic carboxylic acids is 1. The number of nitrogens with zero attached hydrogens (tertiary/aromatic N) is 1. The average Bonchev–Trinajstić information content (AvgIpc) is 2.79. The summed E-state index contributed by atoms with van der Waals surface area (Å²) in [4.78, 5) is 49.8. The first-order chi connectivity index (χ1) is 15.4. The van der Waals surface area contributed by atoms with Crippen LogP contribution in [0, 0.1) is 5.92 Å². The van der Waals surface area contributed by atoms with Gasteiger partial charge in [-0.2, -0.15) is 0 Å². The lowest BCUT2D eigenvalue weighted by Crippen LogP contribution is -2.44. The predicted molar refractivity (Wildman–Crippen MR) is 119 cm³/mol. The molecule has 1 aromatic heterocycles. The zero-order valence-electron chi connectivity index (χ0n) is 17.0.